The topological polar surface area (TPSA) is 16.4 Å². The van der Waals surface area contributed by atoms with E-state index in [1.54, 1.807) is 0 Å². The molecule has 0 amide bonds. The fourth-order valence-corrected chi connectivity index (χ4v) is 12.5. The molecule has 3 heteroatoms. The SMILES string of the molecule is CC1(C)c2ccccc2-c2ccc(N(c3cccc(-c4ccc5sc6ccccc6c5c4)c3)c3c(-c4cccc5oc6ccccc6c45)ccc4c5ccccc5c5ccccc5c34)cc21. The highest BCUT2D eigenvalue weighted by atomic mass is 32.1. The van der Waals surface area contributed by atoms with E-state index in [0.717, 1.165) is 50.1 Å². The van der Waals surface area contributed by atoms with Gasteiger partial charge in [0.25, 0.3) is 0 Å². The van der Waals surface area contributed by atoms with Crippen LogP contribution in [-0.4, -0.2) is 0 Å². The highest BCUT2D eigenvalue weighted by molar-refractivity contribution is 7.25. The first-order chi connectivity index (χ1) is 32.5. The van der Waals surface area contributed by atoms with E-state index < -0.39 is 0 Å². The maximum atomic E-state index is 6.61. The molecule has 0 fully saturated rings. The van der Waals surface area contributed by atoms with E-state index in [4.69, 9.17) is 4.42 Å². The molecule has 0 N–H and O–H groups in total. The summed E-state index contributed by atoms with van der Waals surface area (Å²) in [6.45, 7) is 4.76. The van der Waals surface area contributed by atoms with Crippen molar-refractivity contribution in [1.29, 1.82) is 0 Å². The van der Waals surface area contributed by atoms with Gasteiger partial charge in [0.15, 0.2) is 0 Å². The molecule has 2 nitrogen and oxygen atoms in total. The molecule has 0 aliphatic heterocycles. The largest absolute Gasteiger partial charge is 0.456 e. The predicted octanol–water partition coefficient (Wildman–Crippen LogP) is 18.5. The Labute approximate surface area is 386 Å². The minimum absolute atomic E-state index is 0.194. The minimum atomic E-state index is -0.194. The summed E-state index contributed by atoms with van der Waals surface area (Å²) in [5.74, 6) is 0. The van der Waals surface area contributed by atoms with Gasteiger partial charge in [-0.1, -0.05) is 172 Å². The molecule has 66 heavy (non-hydrogen) atoms. The lowest BCUT2D eigenvalue weighted by atomic mass is 9.82. The Kier molecular flexibility index (Phi) is 7.94. The van der Waals surface area contributed by atoms with Gasteiger partial charge in [-0.05, 0) is 120 Å². The molecule has 0 radical (unpaired) electrons. The third kappa shape index (κ3) is 5.35. The van der Waals surface area contributed by atoms with Crippen molar-refractivity contribution in [2.45, 2.75) is 19.3 Å². The van der Waals surface area contributed by atoms with E-state index in [1.807, 2.05) is 11.3 Å². The number of fused-ring (bicyclic) bond motifs is 15. The summed E-state index contributed by atoms with van der Waals surface area (Å²) in [5, 5.41) is 12.2. The molecule has 310 valence electrons. The zero-order valence-corrected chi connectivity index (χ0v) is 37.3. The molecule has 0 bridgehead atoms. The van der Waals surface area contributed by atoms with Crippen molar-refractivity contribution >= 4 is 103 Å². The molecule has 0 spiro atoms. The molecular weight excluding hydrogens is 819 g/mol. The van der Waals surface area contributed by atoms with Crippen LogP contribution in [0.2, 0.25) is 0 Å². The van der Waals surface area contributed by atoms with E-state index in [1.165, 1.54) is 85.9 Å². The molecule has 14 rings (SSSR count). The van der Waals surface area contributed by atoms with Gasteiger partial charge in [0.1, 0.15) is 11.2 Å². The van der Waals surface area contributed by atoms with Crippen molar-refractivity contribution in [2.75, 3.05) is 4.90 Å². The zero-order chi connectivity index (χ0) is 43.7. The third-order valence-electron chi connectivity index (χ3n) is 14.4. The van der Waals surface area contributed by atoms with Crippen molar-refractivity contribution < 1.29 is 4.42 Å². The fourth-order valence-electron chi connectivity index (χ4n) is 11.4. The number of para-hydroxylation sites is 1. The second-order valence-corrected chi connectivity index (χ2v) is 19.4. The number of anilines is 3. The van der Waals surface area contributed by atoms with Crippen LogP contribution in [0.3, 0.4) is 0 Å². The van der Waals surface area contributed by atoms with Gasteiger partial charge < -0.3 is 9.32 Å². The normalized spacial score (nSPS) is 13.1. The van der Waals surface area contributed by atoms with Crippen molar-refractivity contribution in [2.24, 2.45) is 0 Å². The standard InChI is InChI=1S/C63H41NOS/c1-63(2)54-25-10-7-20-45(54)46-31-30-41(37-55(46)63)64(40-16-13-15-38(35-40)39-29-34-59-53(36-39)47-21-9-12-28-58(47)66-59)62-51(49-24-14-27-57-60(49)52-23-8-11-26-56(52)65-57)33-32-50-44-19-4-3-17-42(44)43-18-5-6-22-48(43)61(50)62/h3-37H,1-2H3. The van der Waals surface area contributed by atoms with Crippen molar-refractivity contribution in [3.63, 3.8) is 0 Å². The molecule has 0 atom stereocenters. The lowest BCUT2D eigenvalue weighted by Gasteiger charge is -2.32. The van der Waals surface area contributed by atoms with Crippen LogP contribution < -0.4 is 4.90 Å². The Hall–Kier alpha value is -7.98. The van der Waals surface area contributed by atoms with Crippen LogP contribution in [0, 0.1) is 0 Å². The third-order valence-corrected chi connectivity index (χ3v) is 15.6. The molecule has 2 heterocycles. The monoisotopic (exact) mass is 859 g/mol. The highest BCUT2D eigenvalue weighted by Gasteiger charge is 2.36. The van der Waals surface area contributed by atoms with E-state index in [-0.39, 0.29) is 5.41 Å². The molecule has 0 saturated heterocycles. The molecule has 0 unspecified atom stereocenters. The van der Waals surface area contributed by atoms with Crippen molar-refractivity contribution in [1.82, 2.24) is 0 Å². The number of furan rings is 1. The zero-order valence-electron chi connectivity index (χ0n) is 36.5. The summed E-state index contributed by atoms with van der Waals surface area (Å²) in [4.78, 5) is 2.57. The van der Waals surface area contributed by atoms with Crippen LogP contribution >= 0.6 is 11.3 Å². The number of thiophene rings is 1. The van der Waals surface area contributed by atoms with Crippen molar-refractivity contribution in [3.05, 3.63) is 223 Å². The molecule has 11 aromatic carbocycles. The summed E-state index contributed by atoms with van der Waals surface area (Å²) in [6, 6.07) is 78.8. The first-order valence-corrected chi connectivity index (χ1v) is 23.6. The van der Waals surface area contributed by atoms with Crippen LogP contribution in [0.4, 0.5) is 17.1 Å². The van der Waals surface area contributed by atoms with Gasteiger partial charge in [0.2, 0.25) is 0 Å². The number of benzene rings is 11. The van der Waals surface area contributed by atoms with Gasteiger partial charge in [0, 0.05) is 58.7 Å². The molecule has 0 saturated carbocycles. The number of rotatable bonds is 5. The minimum Gasteiger partial charge on any atom is -0.456 e. The number of nitrogens with zero attached hydrogens (tertiary/aromatic N) is 1. The maximum Gasteiger partial charge on any atom is 0.136 e. The molecule has 13 aromatic rings. The Balaban J connectivity index is 1.12. The van der Waals surface area contributed by atoms with Gasteiger partial charge >= 0.3 is 0 Å². The van der Waals surface area contributed by atoms with Crippen LogP contribution in [0.15, 0.2) is 217 Å². The van der Waals surface area contributed by atoms with E-state index in [2.05, 4.69) is 231 Å². The summed E-state index contributed by atoms with van der Waals surface area (Å²) < 4.78 is 9.23. The van der Waals surface area contributed by atoms with Gasteiger partial charge in [-0.15, -0.1) is 11.3 Å². The van der Waals surface area contributed by atoms with Gasteiger partial charge in [-0.3, -0.25) is 0 Å². The Morgan fingerprint density at radius 3 is 1.80 bits per heavy atom. The van der Waals surface area contributed by atoms with Gasteiger partial charge in [-0.2, -0.15) is 0 Å². The average molecular weight is 860 g/mol. The summed E-state index contributed by atoms with van der Waals surface area (Å²) in [7, 11) is 0. The second-order valence-electron chi connectivity index (χ2n) is 18.3. The van der Waals surface area contributed by atoms with E-state index >= 15 is 0 Å². The van der Waals surface area contributed by atoms with Crippen LogP contribution in [-0.2, 0) is 5.41 Å². The smallest absolute Gasteiger partial charge is 0.136 e. The Bertz CT molecular complexity index is 4130. The second kappa shape index (κ2) is 14.0. The number of hydrogen-bond donors (Lipinski definition) is 0. The summed E-state index contributed by atoms with van der Waals surface area (Å²) in [6.07, 6.45) is 0. The Morgan fingerprint density at radius 2 is 0.955 bits per heavy atom. The Morgan fingerprint density at radius 1 is 0.364 bits per heavy atom. The lowest BCUT2D eigenvalue weighted by Crippen LogP contribution is -2.17. The predicted molar refractivity (Wildman–Crippen MR) is 282 cm³/mol. The molecular formula is C63H41NOS. The van der Waals surface area contributed by atoms with Crippen LogP contribution in [0.25, 0.3) is 108 Å². The van der Waals surface area contributed by atoms with Gasteiger partial charge in [0.05, 0.1) is 5.69 Å². The maximum absolute atomic E-state index is 6.61. The first kappa shape index (κ1) is 37.4. The van der Waals surface area contributed by atoms with Crippen LogP contribution in [0.1, 0.15) is 25.0 Å². The molecule has 1 aliphatic carbocycles. The molecule has 1 aliphatic rings. The first-order valence-electron chi connectivity index (χ1n) is 22.8. The van der Waals surface area contributed by atoms with Gasteiger partial charge in [-0.25, -0.2) is 0 Å². The average Bonchev–Trinajstić information content (AvgIpc) is 4.01. The number of hydrogen-bond acceptors (Lipinski definition) is 3. The van der Waals surface area contributed by atoms with Crippen LogP contribution in [0.5, 0.6) is 0 Å². The lowest BCUT2D eigenvalue weighted by molar-refractivity contribution is 0.660. The quantitative estimate of drug-likeness (QED) is 0.160. The highest BCUT2D eigenvalue weighted by Crippen LogP contribution is 2.54. The summed E-state index contributed by atoms with van der Waals surface area (Å²) >= 11 is 1.86. The fraction of sp³-hybridized carbons (Fsp3) is 0.0476. The van der Waals surface area contributed by atoms with Crippen molar-refractivity contribution in [3.8, 4) is 33.4 Å². The van der Waals surface area contributed by atoms with E-state index in [0.29, 0.717) is 0 Å². The van der Waals surface area contributed by atoms with E-state index in [9.17, 15) is 0 Å². The summed E-state index contributed by atoms with van der Waals surface area (Å²) in [5.41, 5.74) is 14.9. The molecule has 2 aromatic heterocycles.